The molecule has 0 aliphatic carbocycles. The minimum absolute atomic E-state index is 0.116. The van der Waals surface area contributed by atoms with Gasteiger partial charge in [0, 0.05) is 12.7 Å². The molecule has 0 fully saturated rings. The first kappa shape index (κ1) is 19.3. The van der Waals surface area contributed by atoms with Gasteiger partial charge in [0.15, 0.2) is 5.82 Å². The molecule has 0 saturated carbocycles. The standard InChI is InChI=1S/C20H17ClN4O3/c1-25(14-6-4-3-5-7-14)18-12-22-17(11-23-18)19(26)24-16-10-13(20(27)28-2)8-9-15(16)21/h3-12H,1-2H3,(H,24,26). The predicted octanol–water partition coefficient (Wildman–Crippen LogP) is 3.94. The molecule has 1 amide bonds. The van der Waals surface area contributed by atoms with Crippen LogP contribution in [-0.4, -0.2) is 36.0 Å². The Balaban J connectivity index is 1.76. The number of para-hydroxylation sites is 1. The minimum atomic E-state index is -0.528. The lowest BCUT2D eigenvalue weighted by atomic mass is 10.2. The first-order valence-corrected chi connectivity index (χ1v) is 8.67. The van der Waals surface area contributed by atoms with Gasteiger partial charge in [-0.1, -0.05) is 29.8 Å². The lowest BCUT2D eigenvalue weighted by Gasteiger charge is -2.17. The average Bonchev–Trinajstić information content (AvgIpc) is 2.74. The molecule has 0 aliphatic rings. The number of hydrogen-bond donors (Lipinski definition) is 1. The second-order valence-corrected chi connectivity index (χ2v) is 6.20. The molecule has 0 saturated heterocycles. The van der Waals surface area contributed by atoms with E-state index in [1.165, 1.54) is 37.7 Å². The number of amides is 1. The van der Waals surface area contributed by atoms with Gasteiger partial charge in [0.25, 0.3) is 5.91 Å². The van der Waals surface area contributed by atoms with E-state index < -0.39 is 11.9 Å². The van der Waals surface area contributed by atoms with E-state index in [2.05, 4.69) is 20.0 Å². The average molecular weight is 397 g/mol. The highest BCUT2D eigenvalue weighted by molar-refractivity contribution is 6.34. The zero-order valence-corrected chi connectivity index (χ0v) is 16.0. The summed E-state index contributed by atoms with van der Waals surface area (Å²) < 4.78 is 4.67. The normalized spacial score (nSPS) is 10.2. The fourth-order valence-corrected chi connectivity index (χ4v) is 2.61. The number of rotatable bonds is 5. The summed E-state index contributed by atoms with van der Waals surface area (Å²) in [6.07, 6.45) is 2.89. The zero-order chi connectivity index (χ0) is 20.1. The fraction of sp³-hybridized carbons (Fsp3) is 0.100. The number of hydrogen-bond acceptors (Lipinski definition) is 6. The monoisotopic (exact) mass is 396 g/mol. The second-order valence-electron chi connectivity index (χ2n) is 5.79. The van der Waals surface area contributed by atoms with E-state index in [-0.39, 0.29) is 22.0 Å². The molecule has 0 aliphatic heterocycles. The summed E-state index contributed by atoms with van der Waals surface area (Å²) >= 11 is 6.10. The smallest absolute Gasteiger partial charge is 0.337 e. The van der Waals surface area contributed by atoms with Gasteiger partial charge in [0.05, 0.1) is 35.8 Å². The number of benzene rings is 2. The summed E-state index contributed by atoms with van der Waals surface area (Å²) in [7, 11) is 3.13. The van der Waals surface area contributed by atoms with E-state index in [4.69, 9.17) is 11.6 Å². The van der Waals surface area contributed by atoms with Crippen LogP contribution in [0.15, 0.2) is 60.9 Å². The van der Waals surface area contributed by atoms with Crippen LogP contribution in [0.4, 0.5) is 17.2 Å². The number of aromatic nitrogens is 2. The lowest BCUT2D eigenvalue weighted by Crippen LogP contribution is -2.17. The summed E-state index contributed by atoms with van der Waals surface area (Å²) in [4.78, 5) is 34.4. The Morgan fingerprint density at radius 1 is 1.07 bits per heavy atom. The van der Waals surface area contributed by atoms with Crippen LogP contribution < -0.4 is 10.2 Å². The Morgan fingerprint density at radius 3 is 2.46 bits per heavy atom. The van der Waals surface area contributed by atoms with E-state index in [1.54, 1.807) is 0 Å². The molecule has 1 N–H and O–H groups in total. The molecule has 142 valence electrons. The van der Waals surface area contributed by atoms with Crippen LogP contribution in [-0.2, 0) is 4.74 Å². The number of nitrogens with zero attached hydrogens (tertiary/aromatic N) is 3. The van der Waals surface area contributed by atoms with Crippen LogP contribution in [0.3, 0.4) is 0 Å². The van der Waals surface area contributed by atoms with Gasteiger partial charge < -0.3 is 15.0 Å². The highest BCUT2D eigenvalue weighted by Crippen LogP contribution is 2.24. The quantitative estimate of drug-likeness (QED) is 0.657. The van der Waals surface area contributed by atoms with Crippen molar-refractivity contribution >= 4 is 40.7 Å². The van der Waals surface area contributed by atoms with Crippen LogP contribution >= 0.6 is 11.6 Å². The van der Waals surface area contributed by atoms with E-state index in [0.29, 0.717) is 5.82 Å². The molecular formula is C20H17ClN4O3. The van der Waals surface area contributed by atoms with Gasteiger partial charge in [-0.2, -0.15) is 0 Å². The van der Waals surface area contributed by atoms with Gasteiger partial charge in [-0.25, -0.2) is 14.8 Å². The number of carbonyl (C=O) groups is 2. The van der Waals surface area contributed by atoms with Gasteiger partial charge in [-0.3, -0.25) is 4.79 Å². The molecule has 3 aromatic rings. The first-order valence-electron chi connectivity index (χ1n) is 8.29. The summed E-state index contributed by atoms with van der Waals surface area (Å²) in [5, 5.41) is 2.92. The lowest BCUT2D eigenvalue weighted by molar-refractivity contribution is 0.0600. The van der Waals surface area contributed by atoms with Crippen molar-refractivity contribution < 1.29 is 14.3 Å². The van der Waals surface area contributed by atoms with E-state index in [0.717, 1.165) is 5.69 Å². The number of anilines is 3. The maximum Gasteiger partial charge on any atom is 0.337 e. The molecule has 2 aromatic carbocycles. The molecule has 0 unspecified atom stereocenters. The summed E-state index contributed by atoms with van der Waals surface area (Å²) in [6, 6.07) is 14.1. The molecule has 1 aromatic heterocycles. The summed E-state index contributed by atoms with van der Waals surface area (Å²) in [6.45, 7) is 0. The second kappa shape index (κ2) is 8.49. The topological polar surface area (TPSA) is 84.4 Å². The number of carbonyl (C=O) groups excluding carboxylic acids is 2. The molecule has 7 nitrogen and oxygen atoms in total. The van der Waals surface area contributed by atoms with Crippen molar-refractivity contribution in [1.82, 2.24) is 9.97 Å². The predicted molar refractivity (Wildman–Crippen MR) is 107 cm³/mol. The van der Waals surface area contributed by atoms with Crippen LogP contribution in [0.25, 0.3) is 0 Å². The zero-order valence-electron chi connectivity index (χ0n) is 15.2. The largest absolute Gasteiger partial charge is 0.465 e. The van der Waals surface area contributed by atoms with Crippen molar-refractivity contribution in [1.29, 1.82) is 0 Å². The van der Waals surface area contributed by atoms with Gasteiger partial charge in [-0.15, -0.1) is 0 Å². The molecule has 0 atom stereocenters. The Morgan fingerprint density at radius 2 is 1.82 bits per heavy atom. The third kappa shape index (κ3) is 4.27. The number of nitrogens with one attached hydrogen (secondary N) is 1. The minimum Gasteiger partial charge on any atom is -0.465 e. The maximum atomic E-state index is 12.5. The van der Waals surface area contributed by atoms with Crippen LogP contribution in [0.2, 0.25) is 5.02 Å². The molecule has 0 radical (unpaired) electrons. The van der Waals surface area contributed by atoms with Gasteiger partial charge in [0.2, 0.25) is 0 Å². The van der Waals surface area contributed by atoms with Crippen molar-refractivity contribution in [3.8, 4) is 0 Å². The number of ether oxygens (including phenoxy) is 1. The summed E-state index contributed by atoms with van der Waals surface area (Å²) in [5.74, 6) is -0.431. The summed E-state index contributed by atoms with van der Waals surface area (Å²) in [5.41, 5.74) is 1.61. The molecule has 8 heteroatoms. The van der Waals surface area contributed by atoms with Crippen LogP contribution in [0, 0.1) is 0 Å². The van der Waals surface area contributed by atoms with Gasteiger partial charge in [-0.05, 0) is 30.3 Å². The van der Waals surface area contributed by atoms with Gasteiger partial charge >= 0.3 is 5.97 Å². The number of halogens is 1. The maximum absolute atomic E-state index is 12.5. The van der Waals surface area contributed by atoms with Crippen LogP contribution in [0.1, 0.15) is 20.8 Å². The van der Waals surface area contributed by atoms with Crippen LogP contribution in [0.5, 0.6) is 0 Å². The molecular weight excluding hydrogens is 380 g/mol. The number of methoxy groups -OCH3 is 1. The molecule has 28 heavy (non-hydrogen) atoms. The van der Waals surface area contributed by atoms with Gasteiger partial charge in [0.1, 0.15) is 5.69 Å². The molecule has 0 bridgehead atoms. The Hall–Kier alpha value is -3.45. The third-order valence-electron chi connectivity index (χ3n) is 3.99. The van der Waals surface area contributed by atoms with E-state index >= 15 is 0 Å². The van der Waals surface area contributed by atoms with Crippen molar-refractivity contribution in [2.24, 2.45) is 0 Å². The number of esters is 1. The van der Waals surface area contributed by atoms with E-state index in [1.807, 2.05) is 42.3 Å². The Kier molecular flexibility index (Phi) is 5.86. The van der Waals surface area contributed by atoms with Crippen molar-refractivity contribution in [3.63, 3.8) is 0 Å². The molecule has 3 rings (SSSR count). The molecule has 1 heterocycles. The highest BCUT2D eigenvalue weighted by atomic mass is 35.5. The van der Waals surface area contributed by atoms with Crippen molar-refractivity contribution in [2.75, 3.05) is 24.4 Å². The van der Waals surface area contributed by atoms with E-state index in [9.17, 15) is 9.59 Å². The Bertz CT molecular complexity index is 994. The van der Waals surface area contributed by atoms with Crippen molar-refractivity contribution in [2.45, 2.75) is 0 Å². The third-order valence-corrected chi connectivity index (χ3v) is 4.32. The highest BCUT2D eigenvalue weighted by Gasteiger charge is 2.14. The first-order chi connectivity index (χ1) is 13.5. The van der Waals surface area contributed by atoms with Crippen molar-refractivity contribution in [3.05, 3.63) is 77.2 Å². The Labute approximate surface area is 166 Å². The molecule has 0 spiro atoms. The SMILES string of the molecule is COC(=O)c1ccc(Cl)c(NC(=O)c2cnc(N(C)c3ccccc3)cn2)c1. The fourth-order valence-electron chi connectivity index (χ4n) is 2.45.